The van der Waals surface area contributed by atoms with E-state index in [0.29, 0.717) is 23.4 Å². The molecule has 3 rings (SSSR count). The number of aromatic nitrogens is 2. The topological polar surface area (TPSA) is 97.7 Å². The molecule has 204 valence electrons. The van der Waals surface area contributed by atoms with Gasteiger partial charge in [0, 0.05) is 40.0 Å². The average molecular weight is 595 g/mol. The maximum atomic E-state index is 13.3. The first-order chi connectivity index (χ1) is 17.3. The molecule has 0 aliphatic carbocycles. The first-order valence-corrected chi connectivity index (χ1v) is 17.3. The minimum absolute atomic E-state index is 0.0458. The fourth-order valence-corrected chi connectivity index (χ4v) is 5.20. The zero-order valence-electron chi connectivity index (χ0n) is 22.8. The van der Waals surface area contributed by atoms with Gasteiger partial charge in [0.25, 0.3) is 5.91 Å². The molecular formula is C26H40BrN5O4Si. The monoisotopic (exact) mass is 593 g/mol. The molecule has 1 saturated heterocycles. The minimum atomic E-state index is -1.20. The van der Waals surface area contributed by atoms with Gasteiger partial charge in [-0.15, -0.1) is 0 Å². The molecule has 11 heteroatoms. The van der Waals surface area contributed by atoms with Gasteiger partial charge in [-0.25, -0.2) is 9.78 Å². The maximum absolute atomic E-state index is 13.3. The number of rotatable bonds is 9. The first-order valence-electron chi connectivity index (χ1n) is 12.8. The molecule has 1 fully saturated rings. The van der Waals surface area contributed by atoms with Crippen LogP contribution >= 0.6 is 15.9 Å². The van der Waals surface area contributed by atoms with Crippen molar-refractivity contribution in [2.75, 3.05) is 29.9 Å². The van der Waals surface area contributed by atoms with Gasteiger partial charge in [0.1, 0.15) is 16.9 Å². The number of imidazole rings is 1. The molecule has 1 aromatic carbocycles. The summed E-state index contributed by atoms with van der Waals surface area (Å²) in [6.45, 7) is 14.8. The van der Waals surface area contributed by atoms with Gasteiger partial charge >= 0.3 is 6.09 Å². The van der Waals surface area contributed by atoms with Crippen LogP contribution in [0.5, 0.6) is 0 Å². The van der Waals surface area contributed by atoms with Crippen molar-refractivity contribution in [1.82, 2.24) is 14.9 Å². The number of carbonyl (C=O) groups excluding carboxylic acids is 2. The number of carbonyl (C=O) groups is 2. The standard InChI is InChI=1S/C26H40BrN5O4Si/c1-26(2,3)36-25(34)28-19-10-9-13-31(16-19)21-12-8-7-11-20(21)29-24(33)23-30-22(27)17-32(23)18-35-14-15-37(4,5)6/h7-8,11-12,17,19H,9-10,13-16,18H2,1-6H3,(H,28,34)(H,29,33). The number of halogens is 1. The van der Waals surface area contributed by atoms with E-state index in [0.717, 1.165) is 31.1 Å². The van der Waals surface area contributed by atoms with Crippen molar-refractivity contribution in [2.45, 2.75) is 77.7 Å². The van der Waals surface area contributed by atoms with Crippen molar-refractivity contribution in [1.29, 1.82) is 0 Å². The molecule has 1 atom stereocenters. The van der Waals surface area contributed by atoms with Crippen molar-refractivity contribution >= 4 is 47.4 Å². The quantitative estimate of drug-likeness (QED) is 0.286. The van der Waals surface area contributed by atoms with E-state index in [1.807, 2.05) is 45.0 Å². The molecule has 2 amide bonds. The maximum Gasteiger partial charge on any atom is 0.407 e. The Morgan fingerprint density at radius 3 is 2.65 bits per heavy atom. The molecule has 1 unspecified atom stereocenters. The third-order valence-corrected chi connectivity index (χ3v) is 7.90. The van der Waals surface area contributed by atoms with Crippen molar-refractivity contribution < 1.29 is 19.1 Å². The molecule has 1 aliphatic heterocycles. The summed E-state index contributed by atoms with van der Waals surface area (Å²) >= 11 is 3.39. The van der Waals surface area contributed by atoms with Crippen molar-refractivity contribution in [3.05, 3.63) is 40.9 Å². The molecule has 9 nitrogen and oxygen atoms in total. The summed E-state index contributed by atoms with van der Waals surface area (Å²) in [5.74, 6) is -0.0369. The van der Waals surface area contributed by atoms with Gasteiger partial charge in [-0.3, -0.25) is 4.79 Å². The molecule has 1 aliphatic rings. The van der Waals surface area contributed by atoms with E-state index in [2.05, 4.69) is 56.1 Å². The van der Waals surface area contributed by atoms with E-state index in [1.165, 1.54) is 0 Å². The van der Waals surface area contributed by atoms with E-state index in [9.17, 15) is 9.59 Å². The zero-order chi connectivity index (χ0) is 27.2. The highest BCUT2D eigenvalue weighted by molar-refractivity contribution is 9.10. The Bertz CT molecular complexity index is 1080. The first kappa shape index (κ1) is 29.2. The number of hydrogen-bond acceptors (Lipinski definition) is 6. The van der Waals surface area contributed by atoms with Gasteiger partial charge in [0.2, 0.25) is 5.82 Å². The number of para-hydroxylation sites is 2. The normalized spacial score (nSPS) is 16.4. The largest absolute Gasteiger partial charge is 0.444 e. The lowest BCUT2D eigenvalue weighted by molar-refractivity contribution is 0.0500. The van der Waals surface area contributed by atoms with Crippen LogP contribution in [0.25, 0.3) is 0 Å². The van der Waals surface area contributed by atoms with E-state index < -0.39 is 19.8 Å². The lowest BCUT2D eigenvalue weighted by atomic mass is 10.0. The molecular weight excluding hydrogens is 554 g/mol. The fourth-order valence-electron chi connectivity index (χ4n) is 4.03. The summed E-state index contributed by atoms with van der Waals surface area (Å²) in [5, 5.41) is 6.02. The van der Waals surface area contributed by atoms with Gasteiger partial charge in [-0.05, 0) is 67.7 Å². The number of ether oxygens (including phenoxy) is 2. The lowest BCUT2D eigenvalue weighted by Gasteiger charge is -2.36. The van der Waals surface area contributed by atoms with Crippen LogP contribution in [0.2, 0.25) is 25.7 Å². The van der Waals surface area contributed by atoms with Gasteiger partial charge in [-0.1, -0.05) is 31.8 Å². The fraction of sp³-hybridized carbons (Fsp3) is 0.577. The summed E-state index contributed by atoms with van der Waals surface area (Å²) in [6.07, 6.45) is 3.13. The highest BCUT2D eigenvalue weighted by Gasteiger charge is 2.26. The molecule has 0 spiro atoms. The third-order valence-electron chi connectivity index (χ3n) is 5.81. The van der Waals surface area contributed by atoms with Crippen LogP contribution in [0.3, 0.4) is 0 Å². The third kappa shape index (κ3) is 9.46. The summed E-state index contributed by atoms with van der Waals surface area (Å²) < 4.78 is 13.6. The van der Waals surface area contributed by atoms with E-state index in [1.54, 1.807) is 10.8 Å². The number of nitrogens with one attached hydrogen (secondary N) is 2. The van der Waals surface area contributed by atoms with Gasteiger partial charge in [0.15, 0.2) is 0 Å². The van der Waals surface area contributed by atoms with Gasteiger partial charge in [0.05, 0.1) is 11.4 Å². The second kappa shape index (κ2) is 12.4. The number of nitrogens with zero attached hydrogens (tertiary/aromatic N) is 3. The van der Waals surface area contributed by atoms with Crippen LogP contribution in [0, 0.1) is 0 Å². The summed E-state index contributed by atoms with van der Waals surface area (Å²) in [7, 11) is -1.20. The molecule has 1 aromatic heterocycles. The van der Waals surface area contributed by atoms with Crippen LogP contribution in [0.4, 0.5) is 16.2 Å². The predicted molar refractivity (Wildman–Crippen MR) is 153 cm³/mol. The van der Waals surface area contributed by atoms with Crippen LogP contribution in [-0.2, 0) is 16.2 Å². The van der Waals surface area contributed by atoms with Crippen LogP contribution in [0.1, 0.15) is 44.2 Å². The number of piperidine rings is 1. The zero-order valence-corrected chi connectivity index (χ0v) is 25.4. The molecule has 2 heterocycles. The number of alkyl carbamates (subject to hydrolysis) is 1. The molecule has 0 saturated carbocycles. The molecule has 2 N–H and O–H groups in total. The van der Waals surface area contributed by atoms with Gasteiger partial charge in [-0.2, -0.15) is 0 Å². The Morgan fingerprint density at radius 2 is 1.95 bits per heavy atom. The molecule has 37 heavy (non-hydrogen) atoms. The number of benzene rings is 1. The predicted octanol–water partition coefficient (Wildman–Crippen LogP) is 5.70. The summed E-state index contributed by atoms with van der Waals surface area (Å²) in [4.78, 5) is 32.1. The Labute approximate surface area is 229 Å². The number of hydrogen-bond donors (Lipinski definition) is 2. The Balaban J connectivity index is 1.67. The van der Waals surface area contributed by atoms with Crippen molar-refractivity contribution in [3.63, 3.8) is 0 Å². The van der Waals surface area contributed by atoms with Gasteiger partial charge < -0.3 is 29.6 Å². The van der Waals surface area contributed by atoms with Crippen molar-refractivity contribution in [3.8, 4) is 0 Å². The van der Waals surface area contributed by atoms with E-state index in [-0.39, 0.29) is 24.5 Å². The van der Waals surface area contributed by atoms with Crippen LogP contribution in [0.15, 0.2) is 35.1 Å². The molecule has 0 radical (unpaired) electrons. The highest BCUT2D eigenvalue weighted by Crippen LogP contribution is 2.29. The SMILES string of the molecule is CC(C)(C)OC(=O)NC1CCCN(c2ccccc2NC(=O)c2nc(Br)cn2COCC[Si](C)(C)C)C1. The van der Waals surface area contributed by atoms with Crippen molar-refractivity contribution in [2.24, 2.45) is 0 Å². The molecule has 0 bridgehead atoms. The second-order valence-corrected chi connectivity index (χ2v) is 18.0. The highest BCUT2D eigenvalue weighted by atomic mass is 79.9. The van der Waals surface area contributed by atoms with Crippen LogP contribution < -0.4 is 15.5 Å². The Morgan fingerprint density at radius 1 is 1.22 bits per heavy atom. The van der Waals surface area contributed by atoms with Crippen LogP contribution in [-0.4, -0.2) is 61.0 Å². The smallest absolute Gasteiger partial charge is 0.407 e. The van der Waals surface area contributed by atoms with E-state index in [4.69, 9.17) is 9.47 Å². The lowest BCUT2D eigenvalue weighted by Crippen LogP contribution is -2.49. The average Bonchev–Trinajstić information content (AvgIpc) is 3.16. The number of amides is 2. The Kier molecular flexibility index (Phi) is 9.82. The summed E-state index contributed by atoms with van der Waals surface area (Å²) in [6, 6.07) is 8.70. The Hall–Kier alpha value is -2.37. The molecule has 2 aromatic rings. The second-order valence-electron chi connectivity index (χ2n) is 11.6. The number of anilines is 2. The minimum Gasteiger partial charge on any atom is -0.444 e. The van der Waals surface area contributed by atoms with E-state index >= 15 is 0 Å². The summed E-state index contributed by atoms with van der Waals surface area (Å²) in [5.41, 5.74) is 1.04.